The van der Waals surface area contributed by atoms with Crippen molar-refractivity contribution >= 4 is 28.2 Å². The highest BCUT2D eigenvalue weighted by atomic mass is 32.1. The predicted molar refractivity (Wildman–Crippen MR) is 110 cm³/mol. The van der Waals surface area contributed by atoms with E-state index < -0.39 is 0 Å². The summed E-state index contributed by atoms with van der Waals surface area (Å²) in [5.41, 5.74) is 4.35. The number of anilines is 1. The van der Waals surface area contributed by atoms with Crippen molar-refractivity contribution in [1.29, 1.82) is 0 Å². The van der Waals surface area contributed by atoms with Crippen LogP contribution in [0.25, 0.3) is 0 Å². The number of esters is 1. The molecule has 0 radical (unpaired) electrons. The van der Waals surface area contributed by atoms with Crippen LogP contribution in [-0.4, -0.2) is 18.5 Å². The lowest BCUT2D eigenvalue weighted by Gasteiger charge is -2.11. The van der Waals surface area contributed by atoms with E-state index in [9.17, 15) is 9.59 Å². The predicted octanol–water partition coefficient (Wildman–Crippen LogP) is 5.45. The summed E-state index contributed by atoms with van der Waals surface area (Å²) < 4.78 is 5.31. The standard InChI is InChI=1S/C22H27NO3S/c1-4-26-22(25)19-17-9-7-5-6-8-10-18(17)27-21(19)23-20(24)16-12-14(2)11-15(3)13-16/h11-13H,4-10H2,1-3H3,(H,23,24). The van der Waals surface area contributed by atoms with Gasteiger partial charge >= 0.3 is 5.97 Å². The van der Waals surface area contributed by atoms with Gasteiger partial charge in [-0.2, -0.15) is 0 Å². The maximum atomic E-state index is 12.8. The number of rotatable bonds is 4. The highest BCUT2D eigenvalue weighted by Gasteiger charge is 2.26. The van der Waals surface area contributed by atoms with Crippen LogP contribution < -0.4 is 5.32 Å². The van der Waals surface area contributed by atoms with Crippen LogP contribution in [0, 0.1) is 13.8 Å². The third kappa shape index (κ3) is 4.59. The summed E-state index contributed by atoms with van der Waals surface area (Å²) >= 11 is 1.54. The number of carbonyl (C=O) groups excluding carboxylic acids is 2. The molecule has 4 nitrogen and oxygen atoms in total. The zero-order valence-electron chi connectivity index (χ0n) is 16.3. The second-order valence-electron chi connectivity index (χ2n) is 7.17. The van der Waals surface area contributed by atoms with Crippen LogP contribution in [0.15, 0.2) is 18.2 Å². The van der Waals surface area contributed by atoms with E-state index in [1.807, 2.05) is 39.0 Å². The first-order valence-electron chi connectivity index (χ1n) is 9.71. The first-order valence-corrected chi connectivity index (χ1v) is 10.5. The second kappa shape index (κ2) is 8.70. The fraction of sp³-hybridized carbons (Fsp3) is 0.455. The lowest BCUT2D eigenvalue weighted by atomic mass is 9.96. The van der Waals surface area contributed by atoms with E-state index in [1.54, 1.807) is 0 Å². The zero-order valence-corrected chi connectivity index (χ0v) is 17.1. The topological polar surface area (TPSA) is 55.4 Å². The number of fused-ring (bicyclic) bond motifs is 1. The fourth-order valence-corrected chi connectivity index (χ4v) is 4.98. The molecule has 1 N–H and O–H groups in total. The van der Waals surface area contributed by atoms with Gasteiger partial charge in [-0.3, -0.25) is 4.79 Å². The number of benzene rings is 1. The Balaban J connectivity index is 1.96. The van der Waals surface area contributed by atoms with E-state index in [0.717, 1.165) is 42.4 Å². The Hall–Kier alpha value is -2.14. The van der Waals surface area contributed by atoms with E-state index in [2.05, 4.69) is 5.32 Å². The molecule has 0 spiro atoms. The number of carbonyl (C=O) groups is 2. The number of hydrogen-bond acceptors (Lipinski definition) is 4. The summed E-state index contributed by atoms with van der Waals surface area (Å²) in [4.78, 5) is 26.7. The third-order valence-electron chi connectivity index (χ3n) is 4.86. The quantitative estimate of drug-likeness (QED) is 0.712. The fourth-order valence-electron chi connectivity index (χ4n) is 3.71. The van der Waals surface area contributed by atoms with E-state index in [4.69, 9.17) is 4.74 Å². The van der Waals surface area contributed by atoms with Gasteiger partial charge in [-0.25, -0.2) is 4.79 Å². The van der Waals surface area contributed by atoms with Crippen LogP contribution in [0.5, 0.6) is 0 Å². The first-order chi connectivity index (χ1) is 13.0. The lowest BCUT2D eigenvalue weighted by Crippen LogP contribution is -2.15. The van der Waals surface area contributed by atoms with Crippen molar-refractivity contribution in [2.45, 2.75) is 59.3 Å². The molecule has 3 rings (SSSR count). The third-order valence-corrected chi connectivity index (χ3v) is 6.07. The van der Waals surface area contributed by atoms with Crippen molar-refractivity contribution in [3.63, 3.8) is 0 Å². The SMILES string of the molecule is CCOC(=O)c1c(NC(=O)c2cc(C)cc(C)c2)sc2c1CCCCCC2. The number of thiophene rings is 1. The van der Waals surface area contributed by atoms with Crippen LogP contribution in [-0.2, 0) is 17.6 Å². The van der Waals surface area contributed by atoms with Crippen LogP contribution in [0.4, 0.5) is 5.00 Å². The number of aryl methyl sites for hydroxylation is 3. The molecule has 2 aromatic rings. The largest absolute Gasteiger partial charge is 0.462 e. The van der Waals surface area contributed by atoms with Gasteiger partial charge in [0, 0.05) is 10.4 Å². The van der Waals surface area contributed by atoms with Gasteiger partial charge < -0.3 is 10.1 Å². The molecule has 0 saturated heterocycles. The summed E-state index contributed by atoms with van der Waals surface area (Å²) in [5.74, 6) is -0.507. The number of hydrogen-bond donors (Lipinski definition) is 1. The minimum absolute atomic E-state index is 0.179. The van der Waals surface area contributed by atoms with Crippen molar-refractivity contribution in [2.75, 3.05) is 11.9 Å². The normalized spacial score (nSPS) is 14.0. The molecule has 27 heavy (non-hydrogen) atoms. The highest BCUT2D eigenvalue weighted by Crippen LogP contribution is 2.37. The summed E-state index contributed by atoms with van der Waals surface area (Å²) in [5, 5.41) is 3.63. The smallest absolute Gasteiger partial charge is 0.341 e. The maximum Gasteiger partial charge on any atom is 0.341 e. The van der Waals surface area contributed by atoms with Gasteiger partial charge in [0.25, 0.3) is 5.91 Å². The molecule has 144 valence electrons. The van der Waals surface area contributed by atoms with E-state index in [1.165, 1.54) is 29.1 Å². The molecule has 0 atom stereocenters. The monoisotopic (exact) mass is 385 g/mol. The van der Waals surface area contributed by atoms with Crippen molar-refractivity contribution in [3.05, 3.63) is 50.9 Å². The number of amides is 1. The van der Waals surface area contributed by atoms with Crippen LogP contribution in [0.1, 0.15) is 74.9 Å². The molecular formula is C22H27NO3S. The van der Waals surface area contributed by atoms with E-state index in [-0.39, 0.29) is 11.9 Å². The van der Waals surface area contributed by atoms with E-state index in [0.29, 0.717) is 22.7 Å². The van der Waals surface area contributed by atoms with Crippen molar-refractivity contribution in [2.24, 2.45) is 0 Å². The molecule has 0 unspecified atom stereocenters. The van der Waals surface area contributed by atoms with Crippen molar-refractivity contribution in [1.82, 2.24) is 0 Å². The van der Waals surface area contributed by atoms with Crippen LogP contribution in [0.2, 0.25) is 0 Å². The summed E-state index contributed by atoms with van der Waals surface area (Å²) in [6.45, 7) is 6.09. The molecule has 0 saturated carbocycles. The van der Waals surface area contributed by atoms with Gasteiger partial charge in [0.15, 0.2) is 0 Å². The van der Waals surface area contributed by atoms with Gasteiger partial charge in [0.2, 0.25) is 0 Å². The molecule has 1 aromatic carbocycles. The minimum atomic E-state index is -0.328. The molecule has 1 aromatic heterocycles. The minimum Gasteiger partial charge on any atom is -0.462 e. The lowest BCUT2D eigenvalue weighted by molar-refractivity contribution is 0.0526. The average molecular weight is 386 g/mol. The Morgan fingerprint density at radius 2 is 1.70 bits per heavy atom. The second-order valence-corrected chi connectivity index (χ2v) is 8.28. The molecule has 0 aliphatic heterocycles. The first kappa shape index (κ1) is 19.6. The Bertz CT molecular complexity index is 833. The van der Waals surface area contributed by atoms with Crippen LogP contribution in [0.3, 0.4) is 0 Å². The Kier molecular flexibility index (Phi) is 6.32. The Morgan fingerprint density at radius 3 is 2.37 bits per heavy atom. The van der Waals surface area contributed by atoms with Gasteiger partial charge in [0.05, 0.1) is 12.2 Å². The zero-order chi connectivity index (χ0) is 19.4. The highest BCUT2D eigenvalue weighted by molar-refractivity contribution is 7.17. The summed E-state index contributed by atoms with van der Waals surface area (Å²) in [6, 6.07) is 5.78. The molecular weight excluding hydrogens is 358 g/mol. The van der Waals surface area contributed by atoms with Gasteiger partial charge in [-0.05, 0) is 64.2 Å². The van der Waals surface area contributed by atoms with Gasteiger partial charge in [-0.1, -0.05) is 30.0 Å². The molecule has 0 bridgehead atoms. The van der Waals surface area contributed by atoms with Crippen molar-refractivity contribution in [3.8, 4) is 0 Å². The summed E-state index contributed by atoms with van der Waals surface area (Å²) in [7, 11) is 0. The number of nitrogens with one attached hydrogen (secondary N) is 1. The van der Waals surface area contributed by atoms with Gasteiger partial charge in [-0.15, -0.1) is 11.3 Å². The van der Waals surface area contributed by atoms with Gasteiger partial charge in [0.1, 0.15) is 5.00 Å². The Labute approximate surface area is 164 Å². The molecule has 1 heterocycles. The average Bonchev–Trinajstić information content (AvgIpc) is 2.90. The summed E-state index contributed by atoms with van der Waals surface area (Å²) in [6.07, 6.45) is 6.43. The van der Waals surface area contributed by atoms with Crippen molar-refractivity contribution < 1.29 is 14.3 Å². The number of ether oxygens (including phenoxy) is 1. The molecule has 1 amide bonds. The molecule has 1 aliphatic carbocycles. The molecule has 1 aliphatic rings. The maximum absolute atomic E-state index is 12.8. The molecule has 5 heteroatoms. The van der Waals surface area contributed by atoms with Crippen LogP contribution >= 0.6 is 11.3 Å². The van der Waals surface area contributed by atoms with E-state index >= 15 is 0 Å². The Morgan fingerprint density at radius 1 is 1.04 bits per heavy atom. The molecule has 0 fully saturated rings.